The zero-order chi connectivity index (χ0) is 12.7. The SMILES string of the molecule is CCCNC1(C(N)=O)CCCC1CCSCC. The number of amides is 1. The molecule has 0 aromatic rings. The summed E-state index contributed by atoms with van der Waals surface area (Å²) in [6, 6.07) is 0. The summed E-state index contributed by atoms with van der Waals surface area (Å²) in [5, 5.41) is 3.44. The van der Waals surface area contributed by atoms with Crippen molar-refractivity contribution in [3.63, 3.8) is 0 Å². The van der Waals surface area contributed by atoms with E-state index in [1.165, 1.54) is 0 Å². The topological polar surface area (TPSA) is 55.1 Å². The molecule has 1 aliphatic carbocycles. The van der Waals surface area contributed by atoms with Gasteiger partial charge in [0.05, 0.1) is 0 Å². The standard InChI is InChI=1S/C13H26N2OS/c1-3-9-15-13(12(14)16)8-5-6-11(13)7-10-17-4-2/h11,15H,3-10H2,1-2H3,(H2,14,16). The molecular weight excluding hydrogens is 232 g/mol. The van der Waals surface area contributed by atoms with Crippen LogP contribution in [0.3, 0.4) is 0 Å². The second kappa shape index (κ2) is 7.27. The van der Waals surface area contributed by atoms with Gasteiger partial charge in [-0.15, -0.1) is 0 Å². The first-order chi connectivity index (χ1) is 8.17. The molecule has 4 heteroatoms. The third-order valence-corrected chi connectivity index (χ3v) is 4.70. The van der Waals surface area contributed by atoms with E-state index >= 15 is 0 Å². The normalized spacial score (nSPS) is 28.5. The summed E-state index contributed by atoms with van der Waals surface area (Å²) in [6.07, 6.45) is 5.35. The Kier molecular flexibility index (Phi) is 6.34. The van der Waals surface area contributed by atoms with Gasteiger partial charge in [-0.1, -0.05) is 20.3 Å². The summed E-state index contributed by atoms with van der Waals surface area (Å²) >= 11 is 1.95. The van der Waals surface area contributed by atoms with Gasteiger partial charge in [-0.2, -0.15) is 11.8 Å². The first-order valence-electron chi connectivity index (χ1n) is 6.80. The molecule has 0 aromatic heterocycles. The van der Waals surface area contributed by atoms with Crippen LogP contribution >= 0.6 is 11.8 Å². The lowest BCUT2D eigenvalue weighted by molar-refractivity contribution is -0.126. The van der Waals surface area contributed by atoms with Crippen LogP contribution in [-0.4, -0.2) is 29.5 Å². The van der Waals surface area contributed by atoms with Gasteiger partial charge in [0.2, 0.25) is 5.91 Å². The lowest BCUT2D eigenvalue weighted by Gasteiger charge is -2.33. The van der Waals surface area contributed by atoms with Crippen LogP contribution in [0.15, 0.2) is 0 Å². The number of carbonyl (C=O) groups excluding carboxylic acids is 1. The molecule has 0 spiro atoms. The number of nitrogens with two attached hydrogens (primary N) is 1. The zero-order valence-corrected chi connectivity index (χ0v) is 11.9. The highest BCUT2D eigenvalue weighted by Gasteiger charge is 2.46. The van der Waals surface area contributed by atoms with E-state index in [4.69, 9.17) is 5.73 Å². The fourth-order valence-electron chi connectivity index (χ4n) is 2.83. The Balaban J connectivity index is 2.61. The molecule has 0 heterocycles. The van der Waals surface area contributed by atoms with E-state index in [1.54, 1.807) is 0 Å². The average molecular weight is 258 g/mol. The van der Waals surface area contributed by atoms with Gasteiger partial charge in [0, 0.05) is 0 Å². The molecule has 1 fully saturated rings. The maximum atomic E-state index is 11.8. The van der Waals surface area contributed by atoms with Crippen LogP contribution in [0.2, 0.25) is 0 Å². The third-order valence-electron chi connectivity index (χ3n) is 3.77. The number of rotatable bonds is 8. The summed E-state index contributed by atoms with van der Waals surface area (Å²) in [4.78, 5) is 11.8. The molecule has 0 aliphatic heterocycles. The van der Waals surface area contributed by atoms with Crippen molar-refractivity contribution in [1.82, 2.24) is 5.32 Å². The molecule has 100 valence electrons. The van der Waals surface area contributed by atoms with Crippen LogP contribution in [0.1, 0.15) is 46.0 Å². The van der Waals surface area contributed by atoms with Gasteiger partial charge in [0.1, 0.15) is 5.54 Å². The summed E-state index contributed by atoms with van der Waals surface area (Å²) < 4.78 is 0. The highest BCUT2D eigenvalue weighted by Crippen LogP contribution is 2.38. The molecule has 3 N–H and O–H groups in total. The van der Waals surface area contributed by atoms with Gasteiger partial charge in [-0.05, 0) is 49.7 Å². The Morgan fingerprint density at radius 3 is 2.88 bits per heavy atom. The van der Waals surface area contributed by atoms with Crippen LogP contribution in [0, 0.1) is 5.92 Å². The molecule has 1 amide bonds. The third kappa shape index (κ3) is 3.62. The highest BCUT2D eigenvalue weighted by atomic mass is 32.2. The second-order valence-electron chi connectivity index (χ2n) is 4.84. The monoisotopic (exact) mass is 258 g/mol. The lowest BCUT2D eigenvalue weighted by atomic mass is 9.84. The van der Waals surface area contributed by atoms with Gasteiger partial charge in [-0.25, -0.2) is 0 Å². The molecule has 0 radical (unpaired) electrons. The quantitative estimate of drug-likeness (QED) is 0.656. The fraction of sp³-hybridized carbons (Fsp3) is 0.923. The average Bonchev–Trinajstić information content (AvgIpc) is 2.71. The first kappa shape index (κ1) is 14.8. The maximum absolute atomic E-state index is 11.8. The van der Waals surface area contributed by atoms with E-state index in [-0.39, 0.29) is 5.91 Å². The van der Waals surface area contributed by atoms with Gasteiger partial charge >= 0.3 is 0 Å². The van der Waals surface area contributed by atoms with Gasteiger partial charge < -0.3 is 11.1 Å². The van der Waals surface area contributed by atoms with E-state index in [1.807, 2.05) is 11.8 Å². The zero-order valence-electron chi connectivity index (χ0n) is 11.1. The number of hydrogen-bond acceptors (Lipinski definition) is 3. The summed E-state index contributed by atoms with van der Waals surface area (Å²) in [5.41, 5.74) is 5.25. The molecule has 0 saturated heterocycles. The summed E-state index contributed by atoms with van der Waals surface area (Å²) in [5.74, 6) is 2.59. The highest BCUT2D eigenvalue weighted by molar-refractivity contribution is 7.99. The predicted octanol–water partition coefficient (Wildman–Crippen LogP) is 2.15. The molecule has 1 rings (SSSR count). The van der Waals surface area contributed by atoms with Crippen molar-refractivity contribution in [2.24, 2.45) is 11.7 Å². The summed E-state index contributed by atoms with van der Waals surface area (Å²) in [7, 11) is 0. The smallest absolute Gasteiger partial charge is 0.238 e. The van der Waals surface area contributed by atoms with Crippen molar-refractivity contribution in [2.45, 2.75) is 51.5 Å². The van der Waals surface area contributed by atoms with Crippen LogP contribution in [-0.2, 0) is 4.79 Å². The van der Waals surface area contributed by atoms with Crippen LogP contribution in [0.4, 0.5) is 0 Å². The Labute approximate surface area is 109 Å². The number of nitrogens with one attached hydrogen (secondary N) is 1. The Morgan fingerprint density at radius 2 is 2.29 bits per heavy atom. The van der Waals surface area contributed by atoms with E-state index in [2.05, 4.69) is 19.2 Å². The summed E-state index contributed by atoms with van der Waals surface area (Å²) in [6.45, 7) is 5.19. The second-order valence-corrected chi connectivity index (χ2v) is 6.23. The van der Waals surface area contributed by atoms with Crippen LogP contribution in [0.25, 0.3) is 0 Å². The van der Waals surface area contributed by atoms with Gasteiger partial charge in [0.25, 0.3) is 0 Å². The number of thioether (sulfide) groups is 1. The molecule has 17 heavy (non-hydrogen) atoms. The lowest BCUT2D eigenvalue weighted by Crippen LogP contribution is -2.58. The molecule has 0 bridgehead atoms. The first-order valence-corrected chi connectivity index (χ1v) is 7.95. The fourth-order valence-corrected chi connectivity index (χ4v) is 3.57. The van der Waals surface area contributed by atoms with Crippen LogP contribution < -0.4 is 11.1 Å². The van der Waals surface area contributed by atoms with Gasteiger partial charge in [0.15, 0.2) is 0 Å². The van der Waals surface area contributed by atoms with E-state index in [9.17, 15) is 4.79 Å². The minimum absolute atomic E-state index is 0.144. The maximum Gasteiger partial charge on any atom is 0.238 e. The van der Waals surface area contributed by atoms with E-state index in [0.717, 1.165) is 50.2 Å². The number of hydrogen-bond donors (Lipinski definition) is 2. The molecule has 1 saturated carbocycles. The molecule has 0 aromatic carbocycles. The largest absolute Gasteiger partial charge is 0.368 e. The van der Waals surface area contributed by atoms with Crippen molar-refractivity contribution in [3.8, 4) is 0 Å². The van der Waals surface area contributed by atoms with Crippen molar-refractivity contribution < 1.29 is 4.79 Å². The number of carbonyl (C=O) groups is 1. The van der Waals surface area contributed by atoms with Crippen molar-refractivity contribution >= 4 is 17.7 Å². The molecule has 1 aliphatic rings. The molecular formula is C13H26N2OS. The van der Waals surface area contributed by atoms with Crippen molar-refractivity contribution in [1.29, 1.82) is 0 Å². The van der Waals surface area contributed by atoms with Crippen molar-refractivity contribution in [3.05, 3.63) is 0 Å². The van der Waals surface area contributed by atoms with Gasteiger partial charge in [-0.3, -0.25) is 4.79 Å². The number of primary amides is 1. The minimum atomic E-state index is -0.412. The Bertz CT molecular complexity index is 248. The minimum Gasteiger partial charge on any atom is -0.368 e. The van der Waals surface area contributed by atoms with Crippen molar-refractivity contribution in [2.75, 3.05) is 18.1 Å². The van der Waals surface area contributed by atoms with Crippen LogP contribution in [0.5, 0.6) is 0 Å². The Morgan fingerprint density at radius 1 is 1.53 bits per heavy atom. The molecule has 2 atom stereocenters. The predicted molar refractivity (Wildman–Crippen MR) is 75.2 cm³/mol. The molecule has 3 nitrogen and oxygen atoms in total. The van der Waals surface area contributed by atoms with E-state index < -0.39 is 5.54 Å². The molecule has 2 unspecified atom stereocenters. The Hall–Kier alpha value is -0.220. The van der Waals surface area contributed by atoms with E-state index in [0.29, 0.717) is 5.92 Å².